The van der Waals surface area contributed by atoms with E-state index in [0.717, 1.165) is 0 Å². The SMILES string of the molecule is C.[C-]#[N+]/C(C#N)=C(/C(C#N)=C/C=C/C1=C(C(C#N)[N+]#[C-])c2ccc(Cl)cc2S1(=O)=O)c1ccccc1. The van der Waals surface area contributed by atoms with E-state index in [1.54, 1.807) is 36.4 Å². The molecule has 0 aromatic heterocycles. The summed E-state index contributed by atoms with van der Waals surface area (Å²) in [6.07, 6.45) is 3.75. The van der Waals surface area contributed by atoms with Gasteiger partial charge in [0.15, 0.2) is 6.07 Å². The molecule has 0 N–H and O–H groups in total. The summed E-state index contributed by atoms with van der Waals surface area (Å²) in [4.78, 5) is 6.10. The summed E-state index contributed by atoms with van der Waals surface area (Å²) in [6.45, 7) is 14.7. The average Bonchev–Trinajstić information content (AvgIpc) is 3.08. The summed E-state index contributed by atoms with van der Waals surface area (Å²) in [5.74, 6) is 0. The topological polar surface area (TPSA) is 114 Å². The monoisotopic (exact) mass is 509 g/mol. The van der Waals surface area contributed by atoms with Gasteiger partial charge in [-0.3, -0.25) is 4.85 Å². The molecule has 0 amide bonds. The number of hydrogen-bond acceptors (Lipinski definition) is 5. The number of nitrogens with zero attached hydrogens (tertiary/aromatic N) is 5. The van der Waals surface area contributed by atoms with Crippen molar-refractivity contribution in [3.63, 3.8) is 0 Å². The molecule has 36 heavy (non-hydrogen) atoms. The third kappa shape index (κ3) is 4.95. The van der Waals surface area contributed by atoms with E-state index in [1.807, 2.05) is 12.1 Å². The van der Waals surface area contributed by atoms with E-state index in [0.29, 0.717) is 5.56 Å². The van der Waals surface area contributed by atoms with Gasteiger partial charge in [-0.05, 0) is 29.8 Å². The molecular weight excluding hydrogens is 494 g/mol. The van der Waals surface area contributed by atoms with Gasteiger partial charge in [0.05, 0.1) is 39.7 Å². The smallest absolute Gasteiger partial charge is 0.292 e. The van der Waals surface area contributed by atoms with Crippen LogP contribution in [0.1, 0.15) is 18.6 Å². The Morgan fingerprint density at radius 3 is 2.31 bits per heavy atom. The van der Waals surface area contributed by atoms with Crippen molar-refractivity contribution in [1.29, 1.82) is 15.8 Å². The molecular formula is C27H16ClN5O2S. The minimum absolute atomic E-state index is 0. The lowest BCUT2D eigenvalue weighted by Gasteiger charge is -2.06. The van der Waals surface area contributed by atoms with Crippen LogP contribution in [-0.4, -0.2) is 14.5 Å². The highest BCUT2D eigenvalue weighted by Gasteiger charge is 2.40. The number of benzene rings is 2. The lowest BCUT2D eigenvalue weighted by molar-refractivity contribution is 0.604. The Morgan fingerprint density at radius 2 is 1.75 bits per heavy atom. The fourth-order valence-corrected chi connectivity index (χ4v) is 5.52. The number of sulfone groups is 1. The van der Waals surface area contributed by atoms with Crippen molar-refractivity contribution in [2.75, 3.05) is 0 Å². The molecule has 7 nitrogen and oxygen atoms in total. The molecule has 174 valence electrons. The second-order valence-corrected chi connectivity index (χ2v) is 9.27. The van der Waals surface area contributed by atoms with Crippen LogP contribution >= 0.6 is 11.6 Å². The minimum Gasteiger partial charge on any atom is -0.292 e. The number of halogens is 1. The van der Waals surface area contributed by atoms with E-state index in [-0.39, 0.29) is 50.2 Å². The number of nitriles is 3. The number of allylic oxidation sites excluding steroid dienone is 6. The van der Waals surface area contributed by atoms with Crippen LogP contribution in [0, 0.1) is 47.1 Å². The molecule has 0 fully saturated rings. The molecule has 2 aromatic rings. The molecule has 1 atom stereocenters. The number of rotatable bonds is 5. The highest BCUT2D eigenvalue weighted by atomic mass is 35.5. The molecule has 0 saturated carbocycles. The molecule has 0 bridgehead atoms. The molecule has 0 aliphatic carbocycles. The number of hydrogen-bond donors (Lipinski definition) is 0. The lowest BCUT2D eigenvalue weighted by Crippen LogP contribution is -2.03. The van der Waals surface area contributed by atoms with Crippen LogP contribution in [0.15, 0.2) is 87.8 Å². The fraction of sp³-hybridized carbons (Fsp3) is 0.0741. The van der Waals surface area contributed by atoms with Crippen LogP contribution in [0.4, 0.5) is 0 Å². The molecule has 9 heteroatoms. The molecule has 1 aliphatic heterocycles. The zero-order valence-corrected chi connectivity index (χ0v) is 19.3. The van der Waals surface area contributed by atoms with Crippen molar-refractivity contribution >= 4 is 32.6 Å². The van der Waals surface area contributed by atoms with Crippen molar-refractivity contribution < 1.29 is 8.42 Å². The first kappa shape index (κ1) is 27.3. The van der Waals surface area contributed by atoms with Crippen LogP contribution in [0.3, 0.4) is 0 Å². The molecule has 1 heterocycles. The predicted molar refractivity (Wildman–Crippen MR) is 137 cm³/mol. The maximum absolute atomic E-state index is 13.2. The van der Waals surface area contributed by atoms with Crippen LogP contribution < -0.4 is 0 Å². The van der Waals surface area contributed by atoms with Crippen molar-refractivity contribution in [3.8, 4) is 18.2 Å². The maximum atomic E-state index is 13.2. The molecule has 1 aliphatic rings. The highest BCUT2D eigenvalue weighted by molar-refractivity contribution is 7.96. The van der Waals surface area contributed by atoms with Gasteiger partial charge >= 0.3 is 6.04 Å². The second-order valence-electron chi connectivity index (χ2n) is 6.95. The van der Waals surface area contributed by atoms with Crippen molar-refractivity contribution in [2.45, 2.75) is 18.4 Å². The Hall–Kier alpha value is -4.91. The van der Waals surface area contributed by atoms with Crippen molar-refractivity contribution in [2.24, 2.45) is 0 Å². The zero-order chi connectivity index (χ0) is 25.6. The molecule has 0 spiro atoms. The van der Waals surface area contributed by atoms with Gasteiger partial charge in [0.2, 0.25) is 9.84 Å². The highest BCUT2D eigenvalue weighted by Crippen LogP contribution is 2.43. The Morgan fingerprint density at radius 1 is 1.06 bits per heavy atom. The summed E-state index contributed by atoms with van der Waals surface area (Å²) in [5, 5.41) is 28.8. The quantitative estimate of drug-likeness (QED) is 0.272. The van der Waals surface area contributed by atoms with Gasteiger partial charge < -0.3 is 0 Å². The van der Waals surface area contributed by atoms with E-state index in [1.165, 1.54) is 36.4 Å². The third-order valence-corrected chi connectivity index (χ3v) is 7.11. The summed E-state index contributed by atoms with van der Waals surface area (Å²) in [6, 6.07) is 16.8. The Labute approximate surface area is 215 Å². The summed E-state index contributed by atoms with van der Waals surface area (Å²) >= 11 is 5.98. The Kier molecular flexibility index (Phi) is 8.72. The van der Waals surface area contributed by atoms with Gasteiger partial charge in [0, 0.05) is 16.2 Å². The molecule has 0 saturated heterocycles. The standard InChI is InChI=1S/C26H12ClN5O2S.CH4/c1-31-21(15-29)25(17-7-4-3-5-8-17)18(14-28)9-6-10-23-26(22(16-30)32-2)20-12-11-19(27)13-24(20)35(23,33)34;/h3-13,22H;1H4/b10-6+,18-9+,25-21+;. The van der Waals surface area contributed by atoms with Gasteiger partial charge in [0.1, 0.15) is 0 Å². The van der Waals surface area contributed by atoms with Crippen LogP contribution in [0.2, 0.25) is 5.02 Å². The fourth-order valence-electron chi connectivity index (χ4n) is 3.53. The van der Waals surface area contributed by atoms with Crippen LogP contribution in [-0.2, 0) is 9.84 Å². The maximum Gasteiger partial charge on any atom is 0.334 e. The molecule has 0 radical (unpaired) electrons. The van der Waals surface area contributed by atoms with Gasteiger partial charge in [-0.15, -0.1) is 0 Å². The van der Waals surface area contributed by atoms with Gasteiger partial charge in [-0.2, -0.15) is 10.5 Å². The normalized spacial score (nSPS) is 15.2. The van der Waals surface area contributed by atoms with Crippen molar-refractivity contribution in [3.05, 3.63) is 122 Å². The summed E-state index contributed by atoms with van der Waals surface area (Å²) in [7, 11) is -4.10. The van der Waals surface area contributed by atoms with E-state index in [2.05, 4.69) is 9.69 Å². The molecule has 3 rings (SSSR count). The van der Waals surface area contributed by atoms with E-state index in [4.69, 9.17) is 24.7 Å². The summed E-state index contributed by atoms with van der Waals surface area (Å²) < 4.78 is 26.5. The number of fused-ring (bicyclic) bond motifs is 1. The van der Waals surface area contributed by atoms with Crippen molar-refractivity contribution in [1.82, 2.24) is 0 Å². The average molecular weight is 510 g/mol. The third-order valence-electron chi connectivity index (χ3n) is 5.02. The van der Waals surface area contributed by atoms with Gasteiger partial charge in [-0.1, -0.05) is 61.5 Å². The van der Waals surface area contributed by atoms with Gasteiger partial charge in [-0.25, -0.2) is 25.1 Å². The minimum atomic E-state index is -4.10. The van der Waals surface area contributed by atoms with E-state index < -0.39 is 15.9 Å². The van der Waals surface area contributed by atoms with Gasteiger partial charge in [0.25, 0.3) is 5.70 Å². The Balaban J connectivity index is 0.00000456. The Bertz CT molecular complexity index is 1630. The first-order valence-corrected chi connectivity index (χ1v) is 11.6. The summed E-state index contributed by atoms with van der Waals surface area (Å²) in [5.41, 5.74) is 0.463. The predicted octanol–water partition coefficient (Wildman–Crippen LogP) is 6.15. The zero-order valence-electron chi connectivity index (χ0n) is 17.8. The molecule has 2 aromatic carbocycles. The first-order valence-electron chi connectivity index (χ1n) is 9.75. The van der Waals surface area contributed by atoms with Crippen LogP contribution in [0.25, 0.3) is 20.8 Å². The second kappa shape index (κ2) is 11.5. The largest absolute Gasteiger partial charge is 0.334 e. The molecule has 1 unspecified atom stereocenters. The van der Waals surface area contributed by atoms with E-state index >= 15 is 0 Å². The van der Waals surface area contributed by atoms with E-state index in [9.17, 15) is 24.2 Å². The first-order chi connectivity index (χ1) is 16.8. The van der Waals surface area contributed by atoms with Crippen LogP contribution in [0.5, 0.6) is 0 Å². The lowest BCUT2D eigenvalue weighted by atomic mass is 9.96.